The van der Waals surface area contributed by atoms with E-state index in [1.54, 1.807) is 0 Å². The van der Waals surface area contributed by atoms with Gasteiger partial charge in [-0.15, -0.1) is 0 Å². The van der Waals surface area contributed by atoms with Crippen LogP contribution in [0.2, 0.25) is 0 Å². The summed E-state index contributed by atoms with van der Waals surface area (Å²) in [4.78, 5) is 47.6. The number of imidazole rings is 2. The van der Waals surface area contributed by atoms with Crippen LogP contribution in [0.5, 0.6) is 0 Å². The van der Waals surface area contributed by atoms with E-state index in [9.17, 15) is 14.3 Å². The number of alkyl halides is 2. The van der Waals surface area contributed by atoms with Crippen LogP contribution in [0.15, 0.2) is 23.8 Å². The topological polar surface area (TPSA) is 255 Å². The number of hydrogen-bond donors (Lipinski definition) is 3. The van der Waals surface area contributed by atoms with Crippen LogP contribution in [0.25, 0.3) is 22.3 Å². The van der Waals surface area contributed by atoms with Gasteiger partial charge in [0.1, 0.15) is 43.0 Å². The summed E-state index contributed by atoms with van der Waals surface area (Å²) in [6.07, 6.45) is -10.3. The van der Waals surface area contributed by atoms with Gasteiger partial charge >= 0.3 is 0 Å². The van der Waals surface area contributed by atoms with Crippen molar-refractivity contribution in [1.82, 2.24) is 39.0 Å². The molecule has 3 aliphatic heterocycles. The van der Waals surface area contributed by atoms with Crippen LogP contribution in [-0.2, 0) is 43.9 Å². The van der Waals surface area contributed by atoms with Crippen LogP contribution in [0.4, 0.5) is 20.5 Å². The molecule has 25 heteroatoms. The summed E-state index contributed by atoms with van der Waals surface area (Å²) in [6.45, 7) is -6.06. The van der Waals surface area contributed by atoms with Crippen molar-refractivity contribution in [2.24, 2.45) is 0 Å². The standard InChI is InChI=1S/C20H21BF2N10O9P2S/c21-43(35)37-1-6-13(9(23)19(39-6)33-5-29-11-16(33)30-20(25)31-17(11)34)42-44(36,45)38-2-7-12(41-43)8(22)18(40-7)32-4-28-10-14(24)26-3-27-15(10)32/h3-9,12-13,18-19H,1-2H2,(H,36,45)(H2,24,26,27)(H3,25,30,31,34)/p-1/t6-,7-,8+,9?,12?,13+,18-,19-,43+,44?/m1/s1. The van der Waals surface area contributed by atoms with E-state index in [0.717, 1.165) is 17.2 Å². The lowest BCUT2D eigenvalue weighted by Gasteiger charge is -2.35. The van der Waals surface area contributed by atoms with Gasteiger partial charge in [0.05, 0.1) is 25.9 Å². The number of hydrogen-bond acceptors (Lipinski definition) is 17. The van der Waals surface area contributed by atoms with Crippen LogP contribution >= 0.6 is 14.2 Å². The molecule has 7 rings (SSSR count). The average molecular weight is 687 g/mol. The maximum absolute atomic E-state index is 16.0. The van der Waals surface area contributed by atoms with E-state index in [4.69, 9.17) is 58.4 Å². The molecule has 3 aliphatic rings. The summed E-state index contributed by atoms with van der Waals surface area (Å²) in [5, 5.41) is 0. The summed E-state index contributed by atoms with van der Waals surface area (Å²) in [5.41, 5.74) is 10.7. The summed E-state index contributed by atoms with van der Waals surface area (Å²) in [7, 11) is 1.18. The number of nitrogens with two attached hydrogens (primary N) is 2. The zero-order chi connectivity index (χ0) is 31.8. The van der Waals surface area contributed by atoms with E-state index >= 15 is 8.78 Å². The van der Waals surface area contributed by atoms with E-state index in [2.05, 4.69) is 29.9 Å². The van der Waals surface area contributed by atoms with Gasteiger partial charge in [0, 0.05) is 0 Å². The molecular weight excluding hydrogens is 667 g/mol. The molecule has 4 aromatic rings. The Morgan fingerprint density at radius 1 is 0.956 bits per heavy atom. The summed E-state index contributed by atoms with van der Waals surface area (Å²) in [5.74, 6) is -0.253. The molecule has 3 fully saturated rings. The highest BCUT2D eigenvalue weighted by Gasteiger charge is 2.53. The van der Waals surface area contributed by atoms with Crippen molar-refractivity contribution in [1.29, 1.82) is 0 Å². The largest absolute Gasteiger partial charge is 0.780 e. The molecule has 0 amide bonds. The minimum atomic E-state index is -4.63. The number of nitrogens with zero attached hydrogens (tertiary/aromatic N) is 7. The zero-order valence-corrected chi connectivity index (χ0v) is 25.0. The summed E-state index contributed by atoms with van der Waals surface area (Å²) >= 11 is 5.01. The molecule has 0 spiro atoms. The van der Waals surface area contributed by atoms with Crippen LogP contribution in [0, 0.1) is 0 Å². The predicted octanol–water partition coefficient (Wildman–Crippen LogP) is -0.726. The molecule has 0 bridgehead atoms. The maximum atomic E-state index is 16.0. The van der Waals surface area contributed by atoms with Crippen molar-refractivity contribution < 1.29 is 45.8 Å². The molecule has 0 aromatic carbocycles. The Morgan fingerprint density at radius 2 is 1.56 bits per heavy atom. The number of nitrogens with one attached hydrogen (secondary N) is 1. The van der Waals surface area contributed by atoms with E-state index in [0.29, 0.717) is 0 Å². The van der Waals surface area contributed by atoms with Crippen LogP contribution in [-0.4, -0.2) is 96.6 Å². The molecule has 4 aromatic heterocycles. The molecule has 0 aliphatic carbocycles. The second kappa shape index (κ2) is 11.1. The van der Waals surface area contributed by atoms with Gasteiger partial charge in [-0.05, 0) is 0 Å². The number of H-pyrrole nitrogens is 1. The Labute approximate surface area is 255 Å². The molecule has 19 nitrogen and oxygen atoms in total. The van der Waals surface area contributed by atoms with Crippen molar-refractivity contribution in [2.75, 3.05) is 24.7 Å². The Bertz CT molecular complexity index is 1950. The molecule has 7 heterocycles. The van der Waals surface area contributed by atoms with Crippen molar-refractivity contribution in [3.8, 4) is 0 Å². The number of anilines is 2. The fourth-order valence-corrected chi connectivity index (χ4v) is 7.69. The van der Waals surface area contributed by atoms with Gasteiger partial charge in [-0.1, -0.05) is 11.8 Å². The first kappa shape index (κ1) is 30.7. The Morgan fingerprint density at radius 3 is 2.24 bits per heavy atom. The van der Waals surface area contributed by atoms with Gasteiger partial charge in [0.15, 0.2) is 47.4 Å². The SMILES string of the molecule is [B][P@]1(=O)OC[C@H]2O[C@@H](n3cnc4c(=O)[nH]c(N)nc43)C(F)[C@H]2OP([O-])(=S)OC[C@H]2O[C@@H](n3cnc4c(N)ncnc43)[C@@H](F)C2O1. The smallest absolute Gasteiger partial charge is 0.280 e. The van der Waals surface area contributed by atoms with Gasteiger partial charge in [-0.2, -0.15) is 4.98 Å². The summed E-state index contributed by atoms with van der Waals surface area (Å²) < 4.78 is 80.3. The monoisotopic (exact) mass is 687 g/mol. The number of aromatic amines is 1. The Balaban J connectivity index is 1.17. The third-order valence-corrected chi connectivity index (χ3v) is 9.84. The van der Waals surface area contributed by atoms with E-state index in [-0.39, 0.29) is 34.1 Å². The highest BCUT2D eigenvalue weighted by atomic mass is 32.5. The molecule has 238 valence electrons. The number of rotatable bonds is 2. The molecule has 5 N–H and O–H groups in total. The summed E-state index contributed by atoms with van der Waals surface area (Å²) in [6, 6.07) is 0. The second-order valence-electron chi connectivity index (χ2n) is 10.1. The quantitative estimate of drug-likeness (QED) is 0.173. The van der Waals surface area contributed by atoms with Gasteiger partial charge in [0.25, 0.3) is 13.0 Å². The lowest BCUT2D eigenvalue weighted by molar-refractivity contribution is -0.217. The highest BCUT2D eigenvalue weighted by molar-refractivity contribution is 8.06. The van der Waals surface area contributed by atoms with Crippen LogP contribution < -0.4 is 21.9 Å². The minimum Gasteiger partial charge on any atom is -0.780 e. The molecular formula is C20H20BF2N10O9P2S-. The first-order valence-electron chi connectivity index (χ1n) is 12.9. The second-order valence-corrected chi connectivity index (χ2v) is 14.3. The Kier molecular flexibility index (Phi) is 7.55. The third-order valence-electron chi connectivity index (χ3n) is 7.25. The van der Waals surface area contributed by atoms with Crippen molar-refractivity contribution in [3.63, 3.8) is 0 Å². The van der Waals surface area contributed by atoms with E-state index < -0.39 is 82.2 Å². The van der Waals surface area contributed by atoms with E-state index in [1.165, 1.54) is 10.9 Å². The van der Waals surface area contributed by atoms with Gasteiger partial charge in [0.2, 0.25) is 13.5 Å². The van der Waals surface area contributed by atoms with Gasteiger partial charge < -0.3 is 43.9 Å². The van der Waals surface area contributed by atoms with E-state index in [1.807, 2.05) is 0 Å². The number of aromatic nitrogens is 8. The first-order chi connectivity index (χ1) is 21.3. The maximum Gasteiger partial charge on any atom is 0.280 e. The first-order valence-corrected chi connectivity index (χ1v) is 17.1. The van der Waals surface area contributed by atoms with Crippen LogP contribution in [0.3, 0.4) is 0 Å². The van der Waals surface area contributed by atoms with Crippen molar-refractivity contribution in [2.45, 2.75) is 49.2 Å². The van der Waals surface area contributed by atoms with Crippen molar-refractivity contribution in [3.05, 3.63) is 29.3 Å². The average Bonchev–Trinajstić information content (AvgIpc) is 3.72. The minimum absolute atomic E-state index is 0.0266. The molecule has 3 saturated heterocycles. The number of nitrogen functional groups attached to an aromatic ring is 2. The zero-order valence-electron chi connectivity index (χ0n) is 22.4. The highest BCUT2D eigenvalue weighted by Crippen LogP contribution is 2.53. The van der Waals surface area contributed by atoms with Gasteiger partial charge in [-0.25, -0.2) is 28.7 Å². The molecule has 0 saturated carbocycles. The van der Waals surface area contributed by atoms with Crippen LogP contribution in [0.1, 0.15) is 12.5 Å². The van der Waals surface area contributed by atoms with Crippen molar-refractivity contribution >= 4 is 67.7 Å². The fourth-order valence-electron chi connectivity index (χ4n) is 5.26. The normalized spacial score (nSPS) is 37.7. The molecule has 2 radical (unpaired) electrons. The molecule has 3 unspecified atom stereocenters. The molecule has 45 heavy (non-hydrogen) atoms. The Hall–Kier alpha value is -2.98. The fraction of sp³-hybridized carbons (Fsp3) is 0.500. The lowest BCUT2D eigenvalue weighted by atomic mass is 10.1. The number of halogens is 2. The van der Waals surface area contributed by atoms with Gasteiger partial charge in [-0.3, -0.25) is 23.5 Å². The molecule has 10 atom stereocenters. The third kappa shape index (κ3) is 5.45. The number of fused-ring (bicyclic) bond motifs is 4. The predicted molar refractivity (Wildman–Crippen MR) is 149 cm³/mol. The lowest BCUT2D eigenvalue weighted by Crippen LogP contribution is -2.38. The number of ether oxygens (including phenoxy) is 2.